The Hall–Kier alpha value is -9.06. The van der Waals surface area contributed by atoms with Gasteiger partial charge in [0.05, 0.1) is 55.5 Å². The van der Waals surface area contributed by atoms with Crippen molar-refractivity contribution in [3.05, 3.63) is 144 Å². The minimum absolute atomic E-state index is 0.00307. The first-order valence-corrected chi connectivity index (χ1v) is 47.3. The molecular weight excluding hydrogens is 1620 g/mol. The lowest BCUT2D eigenvalue weighted by molar-refractivity contribution is -0.136. The largest absolute Gasteiger partial charge is 0.361 e. The molecule has 3 aliphatic rings. The Morgan fingerprint density at radius 2 is 0.547 bits per heavy atom. The highest BCUT2D eigenvalue weighted by molar-refractivity contribution is 6.01. The molecule has 6 amide bonds. The van der Waals surface area contributed by atoms with E-state index in [2.05, 4.69) is 31.9 Å². The summed E-state index contributed by atoms with van der Waals surface area (Å²) in [6.07, 6.45) is 8.49. The molecule has 0 aromatic heterocycles. The molecule has 2 saturated heterocycles. The minimum atomic E-state index is -0.888. The quantitative estimate of drug-likeness (QED) is 0.0202. The SMILES string of the molecule is CC(=O)C[C@@H](CC(C)C)C(=O)N[C@@H](CC(C)C)C(=O)C[C@@H](CC(C)C)C(=O)N[C@@H](CC(C)C)C(=O)C1(C)CC1.CC(=O)C[C@@H](CCc1ccccc1)C(=O)N[C@@H](CC(C)C)C(=O)C[C@@H](Cc1ccccc1)C(=O)N[C@@H](CC(C)C)C(=O)[C@@]1(C)CO1.CC(C)C[C@H](NC(=O)[C@@H](N)CCc1ccccc1)C(=O)C[C@@H](Cc1ccccc1)C(=O)N[C@@H](CC(C)C)C(=O)[C@@]1(C)CO1. The van der Waals surface area contributed by atoms with Gasteiger partial charge in [0, 0.05) is 67.1 Å². The molecule has 0 unspecified atom stereocenters. The third kappa shape index (κ3) is 40.1. The number of hydrogen-bond acceptors (Lipinski definition) is 17. The summed E-state index contributed by atoms with van der Waals surface area (Å²) in [5, 5.41) is 17.8. The predicted octanol–water partition coefficient (Wildman–Crippen LogP) is 15.3. The van der Waals surface area contributed by atoms with E-state index < -0.39 is 83.1 Å². The third-order valence-corrected chi connectivity index (χ3v) is 24.0. The molecule has 0 bridgehead atoms. The number of benzene rings is 4. The van der Waals surface area contributed by atoms with Crippen LogP contribution in [0.1, 0.15) is 277 Å². The molecule has 23 heteroatoms. The predicted molar refractivity (Wildman–Crippen MR) is 503 cm³/mol. The zero-order chi connectivity index (χ0) is 95.5. The summed E-state index contributed by atoms with van der Waals surface area (Å²) in [6.45, 7) is 41.1. The van der Waals surface area contributed by atoms with Gasteiger partial charge in [-0.2, -0.15) is 0 Å². The number of amides is 6. The summed E-state index contributed by atoms with van der Waals surface area (Å²) < 4.78 is 10.8. The topological polar surface area (TPSA) is 362 Å². The Morgan fingerprint density at radius 1 is 0.305 bits per heavy atom. The molecule has 4 aromatic carbocycles. The van der Waals surface area contributed by atoms with Crippen molar-refractivity contribution in [1.82, 2.24) is 31.9 Å². The summed E-state index contributed by atoms with van der Waals surface area (Å²) in [5.74, 6) is -4.70. The monoisotopic (exact) mass is 1770 g/mol. The van der Waals surface area contributed by atoms with Crippen LogP contribution in [0.2, 0.25) is 0 Å². The van der Waals surface area contributed by atoms with Gasteiger partial charge in [0.15, 0.2) is 34.7 Å². The molecule has 1 aliphatic carbocycles. The van der Waals surface area contributed by atoms with Crippen LogP contribution in [0, 0.1) is 82.3 Å². The lowest BCUT2D eigenvalue weighted by Gasteiger charge is -2.28. The average molecular weight is 1770 g/mol. The lowest BCUT2D eigenvalue weighted by Crippen LogP contribution is -2.51. The van der Waals surface area contributed by atoms with E-state index >= 15 is 0 Å². The van der Waals surface area contributed by atoms with Gasteiger partial charge in [0.1, 0.15) is 22.8 Å². The van der Waals surface area contributed by atoms with E-state index in [1.807, 2.05) is 239 Å². The number of hydrogen-bond donors (Lipinski definition) is 7. The van der Waals surface area contributed by atoms with E-state index in [4.69, 9.17) is 15.2 Å². The van der Waals surface area contributed by atoms with Crippen LogP contribution < -0.4 is 37.6 Å². The highest BCUT2D eigenvalue weighted by Crippen LogP contribution is 2.47. The summed E-state index contributed by atoms with van der Waals surface area (Å²) in [7, 11) is 0. The molecule has 7 rings (SSSR count). The van der Waals surface area contributed by atoms with E-state index in [9.17, 15) is 67.1 Å². The molecule has 2 aliphatic heterocycles. The Morgan fingerprint density at radius 3 is 0.844 bits per heavy atom. The van der Waals surface area contributed by atoms with Gasteiger partial charge in [-0.3, -0.25) is 57.5 Å². The van der Waals surface area contributed by atoms with Crippen LogP contribution in [0.5, 0.6) is 0 Å². The van der Waals surface area contributed by atoms with Crippen molar-refractivity contribution in [3.8, 4) is 0 Å². The van der Waals surface area contributed by atoms with Gasteiger partial charge < -0.3 is 56.7 Å². The molecule has 23 nitrogen and oxygen atoms in total. The van der Waals surface area contributed by atoms with E-state index in [1.54, 1.807) is 13.8 Å². The number of ketones is 8. The van der Waals surface area contributed by atoms with Gasteiger partial charge in [0.25, 0.3) is 0 Å². The molecule has 2 heterocycles. The molecule has 0 spiro atoms. The fourth-order valence-electron chi connectivity index (χ4n) is 16.4. The molecule has 1 saturated carbocycles. The van der Waals surface area contributed by atoms with E-state index in [1.165, 1.54) is 13.8 Å². The molecule has 708 valence electrons. The zero-order valence-electron chi connectivity index (χ0n) is 81.0. The molecule has 128 heavy (non-hydrogen) atoms. The number of carbonyl (C=O) groups is 14. The van der Waals surface area contributed by atoms with E-state index in [0.717, 1.165) is 35.1 Å². The number of rotatable bonds is 57. The van der Waals surface area contributed by atoms with Crippen LogP contribution in [0.25, 0.3) is 0 Å². The maximum atomic E-state index is 14.0. The maximum Gasteiger partial charge on any atom is 0.237 e. The van der Waals surface area contributed by atoms with Crippen LogP contribution in [-0.4, -0.2) is 148 Å². The summed E-state index contributed by atoms with van der Waals surface area (Å²) >= 11 is 0. The number of Topliss-reactive ketones (excluding diaryl/α,β-unsaturated/α-hetero) is 8. The van der Waals surface area contributed by atoms with Crippen molar-refractivity contribution in [2.75, 3.05) is 13.2 Å². The van der Waals surface area contributed by atoms with Crippen molar-refractivity contribution in [2.45, 2.75) is 334 Å². The first-order valence-electron chi connectivity index (χ1n) is 47.3. The highest BCUT2D eigenvalue weighted by Gasteiger charge is 2.52. The van der Waals surface area contributed by atoms with Crippen LogP contribution in [0.3, 0.4) is 0 Å². The molecular formula is C105H157N7O16. The first-order chi connectivity index (χ1) is 60.1. The van der Waals surface area contributed by atoms with Gasteiger partial charge in [-0.25, -0.2) is 0 Å². The number of epoxide rings is 2. The summed E-state index contributed by atoms with van der Waals surface area (Å²) in [5.41, 5.74) is 8.09. The molecule has 8 N–H and O–H groups in total. The van der Waals surface area contributed by atoms with Crippen molar-refractivity contribution >= 4 is 81.7 Å². The van der Waals surface area contributed by atoms with Gasteiger partial charge in [-0.1, -0.05) is 239 Å². The second-order valence-electron chi connectivity index (χ2n) is 40.9. The summed E-state index contributed by atoms with van der Waals surface area (Å²) in [4.78, 5) is 186. The summed E-state index contributed by atoms with van der Waals surface area (Å²) in [6, 6.07) is 33.5. The average Bonchev–Trinajstić information content (AvgIpc) is 1.65. The van der Waals surface area contributed by atoms with Gasteiger partial charge in [0.2, 0.25) is 35.4 Å². The highest BCUT2D eigenvalue weighted by atomic mass is 16.6. The Bertz CT molecular complexity index is 4230. The Kier molecular flexibility index (Phi) is 45.6. The third-order valence-electron chi connectivity index (χ3n) is 24.0. The maximum absolute atomic E-state index is 14.0. The van der Waals surface area contributed by atoms with Crippen molar-refractivity contribution in [1.29, 1.82) is 0 Å². The fourth-order valence-corrected chi connectivity index (χ4v) is 16.4. The normalized spacial score (nSPS) is 18.3. The molecule has 0 radical (unpaired) electrons. The number of aryl methyl sites for hydroxylation is 2. The Balaban J connectivity index is 0.000000342. The minimum Gasteiger partial charge on any atom is -0.361 e. The van der Waals surface area contributed by atoms with Gasteiger partial charge in [-0.15, -0.1) is 0 Å². The van der Waals surface area contributed by atoms with Gasteiger partial charge in [-0.05, 0) is 200 Å². The molecule has 3 fully saturated rings. The van der Waals surface area contributed by atoms with Crippen LogP contribution >= 0.6 is 0 Å². The smallest absolute Gasteiger partial charge is 0.237 e. The van der Waals surface area contributed by atoms with Crippen LogP contribution in [-0.2, 0) is 102 Å². The van der Waals surface area contributed by atoms with Crippen molar-refractivity contribution < 1.29 is 76.6 Å². The number of nitrogens with two attached hydrogens (primary N) is 1. The zero-order valence-corrected chi connectivity index (χ0v) is 81.0. The van der Waals surface area contributed by atoms with Crippen LogP contribution in [0.4, 0.5) is 0 Å². The fraction of sp³-hybridized carbons (Fsp3) is 0.638. The van der Waals surface area contributed by atoms with Crippen molar-refractivity contribution in [3.63, 3.8) is 0 Å². The number of carbonyl (C=O) groups excluding carboxylic acids is 14. The number of ether oxygens (including phenoxy) is 2. The van der Waals surface area contributed by atoms with E-state index in [0.29, 0.717) is 103 Å². The standard InChI is InChI=1S/C38H52N2O6.C35H49N3O5.C32H56N2O5/c1-25(2)19-32(39-36(44)30(21-27(5)41)18-17-28-13-9-7-10-14-28)34(42)23-31(22-29-15-11-8-12-16-29)37(45)40-33(20-26(3)4)35(43)38(6)24-46-38;1-23(2)18-29(37-34(42)28(36)17-16-25-12-8-6-9-13-25)31(39)21-27(20-26-14-10-7-11-15-26)33(41)38-30(19-24(3)4)32(40)35(5)22-43-35;1-19(2)13-24(17-23(9)35)30(38)33-26(15-21(5)6)28(36)18-25(14-20(3)4)31(39)34-27(16-22(7)8)29(37)32(10)11-12-32/h7-16,25-26,30-33H,17-24H2,1-6H3,(H,39,44)(H,40,45);6-15,23-24,27-30H,16-22,36H2,1-5H3,(H,37,42)(H,38,41);19-22,24-27H,11-18H2,1-10H3,(H,33,38)(H,34,39)/t30-,31-,32+,33+,38-;27-,28+,29+,30+,35-;24-,25-,26+,27+/m111/s1. The number of nitrogens with one attached hydrogen (secondary N) is 6. The second kappa shape index (κ2) is 53.3. The van der Waals surface area contributed by atoms with Crippen LogP contribution in [0.15, 0.2) is 121 Å². The first kappa shape index (κ1) is 109. The molecule has 14 atom stereocenters. The van der Waals surface area contributed by atoms with Gasteiger partial charge >= 0.3 is 0 Å². The van der Waals surface area contributed by atoms with E-state index in [-0.39, 0.29) is 167 Å². The molecule has 4 aromatic rings. The Labute approximate surface area is 764 Å². The lowest BCUT2D eigenvalue weighted by atomic mass is 9.86. The van der Waals surface area contributed by atoms with Crippen molar-refractivity contribution in [2.24, 2.45) is 88.1 Å². The second-order valence-corrected chi connectivity index (χ2v) is 40.9.